The molecule has 5 heteroatoms. The van der Waals surface area contributed by atoms with Crippen LogP contribution in [0.2, 0.25) is 0 Å². The molecule has 0 radical (unpaired) electrons. The Morgan fingerprint density at radius 2 is 1.74 bits per heavy atom. The maximum absolute atomic E-state index is 12.8. The Balaban J connectivity index is 1.88. The summed E-state index contributed by atoms with van der Waals surface area (Å²) in [7, 11) is 0. The lowest BCUT2D eigenvalue weighted by Gasteiger charge is -2.03. The second-order valence-corrected chi connectivity index (χ2v) is 6.21. The Labute approximate surface area is 157 Å². The first-order chi connectivity index (χ1) is 13.1. The van der Waals surface area contributed by atoms with Gasteiger partial charge in [0, 0.05) is 11.3 Å². The molecule has 1 heterocycles. The van der Waals surface area contributed by atoms with Crippen molar-refractivity contribution in [2.75, 3.05) is 6.61 Å². The van der Waals surface area contributed by atoms with Crippen molar-refractivity contribution in [2.45, 2.75) is 19.8 Å². The lowest BCUT2D eigenvalue weighted by molar-refractivity contribution is -0.136. The summed E-state index contributed by atoms with van der Waals surface area (Å²) in [6.45, 7) is 2.46. The summed E-state index contributed by atoms with van der Waals surface area (Å²) in [5, 5.41) is 9.18. The monoisotopic (exact) mass is 363 g/mol. The molecular weight excluding hydrogens is 342 g/mol. The molecular formula is C22H21NO4. The van der Waals surface area contributed by atoms with Crippen LogP contribution in [-0.2, 0) is 17.6 Å². The van der Waals surface area contributed by atoms with E-state index < -0.39 is 5.97 Å². The summed E-state index contributed by atoms with van der Waals surface area (Å²) < 4.78 is 5.40. The van der Waals surface area contributed by atoms with E-state index in [2.05, 4.69) is 4.98 Å². The van der Waals surface area contributed by atoms with E-state index in [1.807, 2.05) is 37.3 Å². The maximum atomic E-state index is 12.8. The van der Waals surface area contributed by atoms with Crippen molar-refractivity contribution in [1.29, 1.82) is 0 Å². The molecule has 0 saturated heterocycles. The molecule has 0 atom stereocenters. The molecule has 0 fully saturated rings. The van der Waals surface area contributed by atoms with Gasteiger partial charge in [0.2, 0.25) is 5.78 Å². The summed E-state index contributed by atoms with van der Waals surface area (Å²) in [4.78, 5) is 27.0. The number of aromatic amines is 1. The molecule has 0 aliphatic heterocycles. The van der Waals surface area contributed by atoms with Gasteiger partial charge in [-0.2, -0.15) is 0 Å². The Hall–Kier alpha value is -3.34. The van der Waals surface area contributed by atoms with Crippen molar-refractivity contribution in [2.24, 2.45) is 0 Å². The van der Waals surface area contributed by atoms with Gasteiger partial charge in [0.15, 0.2) is 0 Å². The maximum Gasteiger partial charge on any atom is 0.309 e. The number of nitrogens with one attached hydrogen (secondary N) is 1. The third-order valence-electron chi connectivity index (χ3n) is 4.23. The number of ether oxygens (including phenoxy) is 1. The number of carboxylic acids is 1. The van der Waals surface area contributed by atoms with E-state index in [0.29, 0.717) is 35.7 Å². The minimum Gasteiger partial charge on any atom is -0.494 e. The van der Waals surface area contributed by atoms with Crippen molar-refractivity contribution in [1.82, 2.24) is 4.98 Å². The Kier molecular flexibility index (Phi) is 5.71. The summed E-state index contributed by atoms with van der Waals surface area (Å²) in [5.74, 6) is -0.410. The molecule has 0 aliphatic rings. The normalized spacial score (nSPS) is 10.6. The van der Waals surface area contributed by atoms with Gasteiger partial charge >= 0.3 is 5.97 Å². The van der Waals surface area contributed by atoms with Crippen molar-refractivity contribution >= 4 is 11.8 Å². The van der Waals surface area contributed by atoms with Crippen LogP contribution in [0.4, 0.5) is 0 Å². The zero-order chi connectivity index (χ0) is 19.2. The topological polar surface area (TPSA) is 79.4 Å². The summed E-state index contributed by atoms with van der Waals surface area (Å²) in [5.41, 5.74) is 3.34. The first-order valence-electron chi connectivity index (χ1n) is 8.81. The van der Waals surface area contributed by atoms with Gasteiger partial charge in [-0.15, -0.1) is 0 Å². The summed E-state index contributed by atoms with van der Waals surface area (Å²) in [6.07, 6.45) is 0.412. The first-order valence-corrected chi connectivity index (χ1v) is 8.81. The molecule has 0 aliphatic carbocycles. The van der Waals surface area contributed by atoms with Gasteiger partial charge in [0.1, 0.15) is 5.75 Å². The fraction of sp³-hybridized carbons (Fsp3) is 0.182. The molecule has 0 saturated carbocycles. The molecule has 0 spiro atoms. The van der Waals surface area contributed by atoms with Crippen LogP contribution in [0.1, 0.15) is 39.8 Å². The number of carbonyl (C=O) groups is 2. The number of hydrogen-bond donors (Lipinski definition) is 2. The van der Waals surface area contributed by atoms with Crippen molar-refractivity contribution < 1.29 is 19.4 Å². The van der Waals surface area contributed by atoms with Gasteiger partial charge < -0.3 is 14.8 Å². The average Bonchev–Trinajstić information content (AvgIpc) is 3.04. The van der Waals surface area contributed by atoms with Crippen molar-refractivity contribution in [3.63, 3.8) is 0 Å². The number of aromatic nitrogens is 1. The van der Waals surface area contributed by atoms with Crippen LogP contribution in [0.15, 0.2) is 60.7 Å². The second-order valence-electron chi connectivity index (χ2n) is 6.21. The van der Waals surface area contributed by atoms with Crippen LogP contribution in [0, 0.1) is 0 Å². The summed E-state index contributed by atoms with van der Waals surface area (Å²) >= 11 is 0. The molecule has 0 amide bonds. The standard InChI is InChI=1S/C22H21NO4/c1-2-27-18-10-8-16(9-11-18)22(26)20-13-17(19(23-20)14-21(24)25)12-15-6-4-3-5-7-15/h3-11,13,23H,2,12,14H2,1H3,(H,24,25). The molecule has 2 N–H and O–H groups in total. The minimum atomic E-state index is -0.939. The predicted molar refractivity (Wildman–Crippen MR) is 102 cm³/mol. The zero-order valence-electron chi connectivity index (χ0n) is 15.1. The molecule has 5 nitrogen and oxygen atoms in total. The minimum absolute atomic E-state index is 0.154. The molecule has 0 bridgehead atoms. The van der Waals surface area contributed by atoms with E-state index in [1.54, 1.807) is 30.3 Å². The fourth-order valence-corrected chi connectivity index (χ4v) is 2.97. The largest absolute Gasteiger partial charge is 0.494 e. The van der Waals surface area contributed by atoms with E-state index in [0.717, 1.165) is 11.1 Å². The number of benzene rings is 2. The molecule has 27 heavy (non-hydrogen) atoms. The first kappa shape index (κ1) is 18.5. The Morgan fingerprint density at radius 1 is 1.04 bits per heavy atom. The lowest BCUT2D eigenvalue weighted by Crippen LogP contribution is -2.05. The number of H-pyrrole nitrogens is 1. The van der Waals surface area contributed by atoms with E-state index in [1.165, 1.54) is 0 Å². The zero-order valence-corrected chi connectivity index (χ0v) is 15.1. The second kappa shape index (κ2) is 8.36. The van der Waals surface area contributed by atoms with Crippen molar-refractivity contribution in [3.05, 3.63) is 88.7 Å². The highest BCUT2D eigenvalue weighted by molar-refractivity contribution is 6.08. The van der Waals surface area contributed by atoms with E-state index in [4.69, 9.17) is 4.74 Å². The molecule has 138 valence electrons. The molecule has 3 aromatic rings. The highest BCUT2D eigenvalue weighted by atomic mass is 16.5. The van der Waals surface area contributed by atoms with Crippen LogP contribution < -0.4 is 4.74 Å². The fourth-order valence-electron chi connectivity index (χ4n) is 2.97. The Bertz CT molecular complexity index is 927. The van der Waals surface area contributed by atoms with E-state index in [-0.39, 0.29) is 12.2 Å². The van der Waals surface area contributed by atoms with Gasteiger partial charge in [-0.1, -0.05) is 30.3 Å². The average molecular weight is 363 g/mol. The predicted octanol–water partition coefficient (Wildman–Crippen LogP) is 3.86. The quantitative estimate of drug-likeness (QED) is 0.596. The van der Waals surface area contributed by atoms with E-state index in [9.17, 15) is 14.7 Å². The molecule has 3 rings (SSSR count). The number of carbonyl (C=O) groups excluding carboxylic acids is 1. The van der Waals surface area contributed by atoms with E-state index >= 15 is 0 Å². The van der Waals surface area contributed by atoms with Crippen LogP contribution in [0.5, 0.6) is 5.75 Å². The van der Waals surface area contributed by atoms with Crippen LogP contribution in [0.3, 0.4) is 0 Å². The van der Waals surface area contributed by atoms with Gasteiger partial charge in [0.05, 0.1) is 18.7 Å². The lowest BCUT2D eigenvalue weighted by atomic mass is 10.0. The van der Waals surface area contributed by atoms with Crippen LogP contribution in [0.25, 0.3) is 0 Å². The number of ketones is 1. The third kappa shape index (κ3) is 4.64. The van der Waals surface area contributed by atoms with Gasteiger partial charge in [0.25, 0.3) is 0 Å². The van der Waals surface area contributed by atoms with Crippen molar-refractivity contribution in [3.8, 4) is 5.75 Å². The number of hydrogen-bond acceptors (Lipinski definition) is 3. The number of carboxylic acid groups (broad SMARTS) is 1. The summed E-state index contributed by atoms with van der Waals surface area (Å²) in [6, 6.07) is 18.4. The molecule has 2 aromatic carbocycles. The molecule has 0 unspecified atom stereocenters. The highest BCUT2D eigenvalue weighted by Gasteiger charge is 2.17. The van der Waals surface area contributed by atoms with Crippen LogP contribution >= 0.6 is 0 Å². The van der Waals surface area contributed by atoms with Gasteiger partial charge in [-0.25, -0.2) is 0 Å². The molecule has 1 aromatic heterocycles. The van der Waals surface area contributed by atoms with Gasteiger partial charge in [-0.3, -0.25) is 9.59 Å². The number of aliphatic carboxylic acids is 1. The van der Waals surface area contributed by atoms with Crippen LogP contribution in [-0.4, -0.2) is 28.4 Å². The van der Waals surface area contributed by atoms with Gasteiger partial charge in [-0.05, 0) is 54.8 Å². The smallest absolute Gasteiger partial charge is 0.309 e. The number of rotatable bonds is 8. The SMILES string of the molecule is CCOc1ccc(C(=O)c2cc(Cc3ccccc3)c(CC(=O)O)[nH]2)cc1. The Morgan fingerprint density at radius 3 is 2.37 bits per heavy atom. The third-order valence-corrected chi connectivity index (χ3v) is 4.23. The highest BCUT2D eigenvalue weighted by Crippen LogP contribution is 2.20.